The van der Waals surface area contributed by atoms with Crippen LogP contribution in [-0.4, -0.2) is 26.9 Å². The number of nitrogens with one attached hydrogen (secondary N) is 1. The van der Waals surface area contributed by atoms with Gasteiger partial charge in [0.05, 0.1) is 13.7 Å². The summed E-state index contributed by atoms with van der Waals surface area (Å²) < 4.78 is 10.4. The van der Waals surface area contributed by atoms with E-state index in [0.717, 1.165) is 12.2 Å². The van der Waals surface area contributed by atoms with Crippen molar-refractivity contribution in [3.63, 3.8) is 0 Å². The summed E-state index contributed by atoms with van der Waals surface area (Å²) in [5.41, 5.74) is 4.02. The van der Waals surface area contributed by atoms with Crippen molar-refractivity contribution >= 4 is 10.8 Å². The third kappa shape index (κ3) is 3.23. The molecule has 0 bridgehead atoms. The summed E-state index contributed by atoms with van der Waals surface area (Å²) >= 11 is 0. The second kappa shape index (κ2) is 6.52. The predicted molar refractivity (Wildman–Crippen MR) is 77.2 cm³/mol. The first kappa shape index (κ1) is 13.8. The number of hydrazine groups is 1. The molecule has 0 aliphatic carbocycles. The van der Waals surface area contributed by atoms with Crippen LogP contribution in [0, 0.1) is 0 Å². The van der Waals surface area contributed by atoms with Crippen LogP contribution in [0.2, 0.25) is 0 Å². The molecule has 19 heavy (non-hydrogen) atoms. The van der Waals surface area contributed by atoms with E-state index >= 15 is 0 Å². The summed E-state index contributed by atoms with van der Waals surface area (Å²) in [6.45, 7) is 0.580. The number of hydrogen-bond donors (Lipinski definition) is 2. The van der Waals surface area contributed by atoms with Crippen molar-refractivity contribution < 1.29 is 9.47 Å². The SMILES string of the molecule is COCC(Cc1cccc2ccc(OC)cc12)NN. The molecule has 2 aromatic carbocycles. The predicted octanol–water partition coefficient (Wildman–Crippen LogP) is 1.87. The van der Waals surface area contributed by atoms with E-state index in [1.165, 1.54) is 16.3 Å². The van der Waals surface area contributed by atoms with E-state index in [9.17, 15) is 0 Å². The highest BCUT2D eigenvalue weighted by Gasteiger charge is 2.10. The third-order valence-corrected chi connectivity index (χ3v) is 3.25. The molecule has 0 aliphatic rings. The Morgan fingerprint density at radius 2 is 2.05 bits per heavy atom. The van der Waals surface area contributed by atoms with E-state index in [2.05, 4.69) is 35.8 Å². The van der Waals surface area contributed by atoms with E-state index < -0.39 is 0 Å². The van der Waals surface area contributed by atoms with Crippen molar-refractivity contribution in [3.05, 3.63) is 42.0 Å². The summed E-state index contributed by atoms with van der Waals surface area (Å²) in [6, 6.07) is 12.5. The van der Waals surface area contributed by atoms with Gasteiger partial charge >= 0.3 is 0 Å². The van der Waals surface area contributed by atoms with Crippen LogP contribution in [0.15, 0.2) is 36.4 Å². The fourth-order valence-electron chi connectivity index (χ4n) is 2.25. The van der Waals surface area contributed by atoms with Gasteiger partial charge in [-0.05, 0) is 34.9 Å². The molecule has 2 aromatic rings. The van der Waals surface area contributed by atoms with E-state index in [0.29, 0.717) is 6.61 Å². The van der Waals surface area contributed by atoms with Gasteiger partial charge in [-0.3, -0.25) is 11.3 Å². The molecule has 0 aliphatic heterocycles. The van der Waals surface area contributed by atoms with Gasteiger partial charge in [0.25, 0.3) is 0 Å². The number of nitrogens with two attached hydrogens (primary N) is 1. The van der Waals surface area contributed by atoms with Crippen LogP contribution >= 0.6 is 0 Å². The molecule has 1 atom stereocenters. The van der Waals surface area contributed by atoms with Crippen LogP contribution in [0.5, 0.6) is 5.75 Å². The smallest absolute Gasteiger partial charge is 0.119 e. The minimum Gasteiger partial charge on any atom is -0.497 e. The maximum atomic E-state index is 5.55. The fraction of sp³-hybridized carbons (Fsp3) is 0.333. The van der Waals surface area contributed by atoms with Crippen molar-refractivity contribution in [2.45, 2.75) is 12.5 Å². The molecule has 0 amide bonds. The van der Waals surface area contributed by atoms with E-state index in [4.69, 9.17) is 15.3 Å². The molecule has 3 N–H and O–H groups in total. The molecule has 0 radical (unpaired) electrons. The Labute approximate surface area is 113 Å². The summed E-state index contributed by atoms with van der Waals surface area (Å²) in [5.74, 6) is 6.42. The molecule has 102 valence electrons. The zero-order chi connectivity index (χ0) is 13.7. The minimum atomic E-state index is 0.0989. The molecular formula is C15H20N2O2. The van der Waals surface area contributed by atoms with Crippen LogP contribution in [0.3, 0.4) is 0 Å². The van der Waals surface area contributed by atoms with Gasteiger partial charge < -0.3 is 9.47 Å². The zero-order valence-corrected chi connectivity index (χ0v) is 11.3. The highest BCUT2D eigenvalue weighted by molar-refractivity contribution is 5.87. The lowest BCUT2D eigenvalue weighted by Gasteiger charge is -2.16. The lowest BCUT2D eigenvalue weighted by molar-refractivity contribution is 0.166. The molecule has 0 spiro atoms. The summed E-state index contributed by atoms with van der Waals surface area (Å²) in [6.07, 6.45) is 0.814. The van der Waals surface area contributed by atoms with Crippen molar-refractivity contribution in [2.75, 3.05) is 20.8 Å². The highest BCUT2D eigenvalue weighted by atomic mass is 16.5. The lowest BCUT2D eigenvalue weighted by Crippen LogP contribution is -2.40. The molecule has 0 saturated heterocycles. The third-order valence-electron chi connectivity index (χ3n) is 3.25. The van der Waals surface area contributed by atoms with Crippen LogP contribution < -0.4 is 16.0 Å². The average Bonchev–Trinajstić information content (AvgIpc) is 2.46. The summed E-state index contributed by atoms with van der Waals surface area (Å²) in [4.78, 5) is 0. The van der Waals surface area contributed by atoms with Crippen molar-refractivity contribution in [1.82, 2.24) is 5.43 Å². The number of fused-ring (bicyclic) bond motifs is 1. The molecule has 0 aromatic heterocycles. The normalized spacial score (nSPS) is 12.6. The van der Waals surface area contributed by atoms with Gasteiger partial charge in [-0.2, -0.15) is 0 Å². The Hall–Kier alpha value is -1.62. The Morgan fingerprint density at radius 3 is 2.74 bits per heavy atom. The fourth-order valence-corrected chi connectivity index (χ4v) is 2.25. The van der Waals surface area contributed by atoms with Gasteiger partial charge in [0, 0.05) is 13.2 Å². The molecule has 4 heteroatoms. The number of rotatable bonds is 6. The molecular weight excluding hydrogens is 240 g/mol. The number of hydrogen-bond acceptors (Lipinski definition) is 4. The molecule has 0 fully saturated rings. The second-order valence-electron chi connectivity index (χ2n) is 4.53. The maximum Gasteiger partial charge on any atom is 0.119 e. The standard InChI is InChI=1S/C15H20N2O2/c1-18-10-13(17-16)8-12-5-3-4-11-6-7-14(19-2)9-15(11)12/h3-7,9,13,17H,8,10,16H2,1-2H3. The Balaban J connectivity index is 2.35. The topological polar surface area (TPSA) is 56.5 Å². The summed E-state index contributed by atoms with van der Waals surface area (Å²) in [5, 5.41) is 2.39. The van der Waals surface area contributed by atoms with Crippen molar-refractivity contribution in [3.8, 4) is 5.75 Å². The largest absolute Gasteiger partial charge is 0.497 e. The van der Waals surface area contributed by atoms with Gasteiger partial charge in [0.1, 0.15) is 5.75 Å². The van der Waals surface area contributed by atoms with Crippen LogP contribution in [0.25, 0.3) is 10.8 Å². The van der Waals surface area contributed by atoms with E-state index in [1.807, 2.05) is 6.07 Å². The lowest BCUT2D eigenvalue weighted by atomic mass is 9.99. The van der Waals surface area contributed by atoms with E-state index in [-0.39, 0.29) is 6.04 Å². The Kier molecular flexibility index (Phi) is 4.74. The zero-order valence-electron chi connectivity index (χ0n) is 11.3. The Bertz CT molecular complexity index is 543. The van der Waals surface area contributed by atoms with Crippen molar-refractivity contribution in [1.29, 1.82) is 0 Å². The first-order chi connectivity index (χ1) is 9.28. The highest BCUT2D eigenvalue weighted by Crippen LogP contribution is 2.24. The van der Waals surface area contributed by atoms with Crippen LogP contribution in [-0.2, 0) is 11.2 Å². The molecule has 4 nitrogen and oxygen atoms in total. The quantitative estimate of drug-likeness (QED) is 0.615. The van der Waals surface area contributed by atoms with Gasteiger partial charge in [-0.1, -0.05) is 24.3 Å². The van der Waals surface area contributed by atoms with Gasteiger partial charge in [-0.15, -0.1) is 0 Å². The van der Waals surface area contributed by atoms with Gasteiger partial charge in [-0.25, -0.2) is 0 Å². The van der Waals surface area contributed by atoms with Crippen LogP contribution in [0.1, 0.15) is 5.56 Å². The van der Waals surface area contributed by atoms with Gasteiger partial charge in [0.15, 0.2) is 0 Å². The first-order valence-corrected chi connectivity index (χ1v) is 6.29. The molecule has 1 unspecified atom stereocenters. The maximum absolute atomic E-state index is 5.55. The first-order valence-electron chi connectivity index (χ1n) is 6.29. The minimum absolute atomic E-state index is 0.0989. The van der Waals surface area contributed by atoms with E-state index in [1.54, 1.807) is 14.2 Å². The number of benzene rings is 2. The monoisotopic (exact) mass is 260 g/mol. The molecule has 2 rings (SSSR count). The molecule has 0 saturated carbocycles. The van der Waals surface area contributed by atoms with Crippen LogP contribution in [0.4, 0.5) is 0 Å². The Morgan fingerprint density at radius 1 is 1.21 bits per heavy atom. The second-order valence-corrected chi connectivity index (χ2v) is 4.53. The van der Waals surface area contributed by atoms with Gasteiger partial charge in [0.2, 0.25) is 0 Å². The number of methoxy groups -OCH3 is 2. The number of ether oxygens (including phenoxy) is 2. The average molecular weight is 260 g/mol. The van der Waals surface area contributed by atoms with Crippen molar-refractivity contribution in [2.24, 2.45) is 5.84 Å². The summed E-state index contributed by atoms with van der Waals surface area (Å²) in [7, 11) is 3.36. The molecule has 0 heterocycles.